The first-order chi connectivity index (χ1) is 12.5. The number of carbonyl (C=O) groups is 2. The van der Waals surface area contributed by atoms with Crippen LogP contribution in [-0.4, -0.2) is 46.2 Å². The molecule has 2 atom stereocenters. The van der Waals surface area contributed by atoms with Gasteiger partial charge in [-0.2, -0.15) is 0 Å². The smallest absolute Gasteiger partial charge is 0.314 e. The lowest BCUT2D eigenvalue weighted by molar-refractivity contribution is -0.166. The third-order valence-electron chi connectivity index (χ3n) is 6.09. The Morgan fingerprint density at radius 1 is 1.04 bits per heavy atom. The van der Waals surface area contributed by atoms with Crippen molar-refractivity contribution in [2.75, 3.05) is 13.1 Å². The monoisotopic (exact) mass is 359 g/mol. The van der Waals surface area contributed by atoms with Crippen LogP contribution in [0.25, 0.3) is 0 Å². The fraction of sp³-hybridized carbons (Fsp3) is 0.619. The van der Waals surface area contributed by atoms with E-state index in [0.717, 1.165) is 31.2 Å². The number of hydrogen-bond acceptors (Lipinski definition) is 3. The van der Waals surface area contributed by atoms with Gasteiger partial charge in [0.2, 0.25) is 5.91 Å². The molecule has 0 radical (unpaired) electrons. The highest BCUT2D eigenvalue weighted by molar-refractivity contribution is 5.82. The van der Waals surface area contributed by atoms with Crippen molar-refractivity contribution in [3.63, 3.8) is 0 Å². The van der Waals surface area contributed by atoms with Crippen LogP contribution in [0.1, 0.15) is 50.5 Å². The lowest BCUT2D eigenvalue weighted by Crippen LogP contribution is -2.59. The fourth-order valence-corrected chi connectivity index (χ4v) is 4.47. The molecule has 1 saturated carbocycles. The van der Waals surface area contributed by atoms with E-state index in [2.05, 4.69) is 0 Å². The SMILES string of the molecule is O=C(C1CCCCCC1)N1CC[C@@H](O)[C@](Cc2ccccc2)(C(=O)O)C1. The molecule has 1 heterocycles. The lowest BCUT2D eigenvalue weighted by atomic mass is 9.72. The molecule has 0 aromatic heterocycles. The summed E-state index contributed by atoms with van der Waals surface area (Å²) in [5.74, 6) is -0.930. The maximum absolute atomic E-state index is 13.0. The molecule has 142 valence electrons. The first kappa shape index (κ1) is 18.9. The summed E-state index contributed by atoms with van der Waals surface area (Å²) in [5.41, 5.74) is -0.460. The molecule has 0 unspecified atom stereocenters. The topological polar surface area (TPSA) is 77.8 Å². The van der Waals surface area contributed by atoms with Gasteiger partial charge < -0.3 is 15.1 Å². The van der Waals surface area contributed by atoms with Crippen molar-refractivity contribution in [3.05, 3.63) is 35.9 Å². The molecular weight excluding hydrogens is 330 g/mol. The number of aliphatic hydroxyl groups is 1. The second kappa shape index (κ2) is 8.21. The van der Waals surface area contributed by atoms with Crippen molar-refractivity contribution in [3.8, 4) is 0 Å². The summed E-state index contributed by atoms with van der Waals surface area (Å²) >= 11 is 0. The van der Waals surface area contributed by atoms with Crippen LogP contribution < -0.4 is 0 Å². The molecule has 1 aliphatic heterocycles. The lowest BCUT2D eigenvalue weighted by Gasteiger charge is -2.44. The zero-order chi connectivity index (χ0) is 18.6. The first-order valence-corrected chi connectivity index (χ1v) is 9.77. The van der Waals surface area contributed by atoms with Crippen molar-refractivity contribution >= 4 is 11.9 Å². The van der Waals surface area contributed by atoms with Crippen molar-refractivity contribution < 1.29 is 19.8 Å². The van der Waals surface area contributed by atoms with E-state index >= 15 is 0 Å². The van der Waals surface area contributed by atoms with Crippen LogP contribution in [0, 0.1) is 11.3 Å². The van der Waals surface area contributed by atoms with E-state index in [1.165, 1.54) is 12.8 Å². The average Bonchev–Trinajstić information content (AvgIpc) is 2.93. The summed E-state index contributed by atoms with van der Waals surface area (Å²) in [4.78, 5) is 26.9. The number of likely N-dealkylation sites (tertiary alicyclic amines) is 1. The molecule has 5 nitrogen and oxygen atoms in total. The minimum absolute atomic E-state index is 0.0102. The zero-order valence-corrected chi connectivity index (χ0v) is 15.3. The van der Waals surface area contributed by atoms with Crippen molar-refractivity contribution in [1.82, 2.24) is 4.90 Å². The Morgan fingerprint density at radius 2 is 1.69 bits per heavy atom. The maximum Gasteiger partial charge on any atom is 0.314 e. The van der Waals surface area contributed by atoms with Gasteiger partial charge in [-0.25, -0.2) is 0 Å². The van der Waals surface area contributed by atoms with Crippen LogP contribution in [-0.2, 0) is 16.0 Å². The van der Waals surface area contributed by atoms with Gasteiger partial charge in [0.05, 0.1) is 6.10 Å². The van der Waals surface area contributed by atoms with Crippen LogP contribution in [0.5, 0.6) is 0 Å². The van der Waals surface area contributed by atoms with Gasteiger partial charge >= 0.3 is 5.97 Å². The molecule has 1 amide bonds. The number of aliphatic carboxylic acids is 1. The first-order valence-electron chi connectivity index (χ1n) is 9.77. The van der Waals surface area contributed by atoms with Crippen LogP contribution in [0.4, 0.5) is 0 Å². The fourth-order valence-electron chi connectivity index (χ4n) is 4.47. The van der Waals surface area contributed by atoms with E-state index in [1.807, 2.05) is 30.3 Å². The number of piperidine rings is 1. The summed E-state index contributed by atoms with van der Waals surface area (Å²) < 4.78 is 0. The Bertz CT molecular complexity index is 624. The normalized spacial score (nSPS) is 27.7. The zero-order valence-electron chi connectivity index (χ0n) is 15.3. The Balaban J connectivity index is 1.80. The Kier molecular flexibility index (Phi) is 5.97. The summed E-state index contributed by atoms with van der Waals surface area (Å²) in [6.07, 6.45) is 5.90. The molecule has 5 heteroatoms. The molecule has 1 aromatic carbocycles. The van der Waals surface area contributed by atoms with E-state index in [-0.39, 0.29) is 24.8 Å². The Hall–Kier alpha value is -1.88. The van der Waals surface area contributed by atoms with Gasteiger partial charge in [-0.15, -0.1) is 0 Å². The standard InChI is InChI=1S/C21H29NO4/c23-18-12-13-22(19(24)17-10-6-1-2-7-11-17)15-21(18,20(25)26)14-16-8-4-3-5-9-16/h3-5,8-9,17-18,23H,1-2,6-7,10-15H2,(H,25,26)/t18-,21-/m1/s1. The molecular formula is C21H29NO4. The Labute approximate surface area is 155 Å². The predicted octanol–water partition coefficient (Wildman–Crippen LogP) is 2.86. The van der Waals surface area contributed by atoms with Crippen molar-refractivity contribution in [1.29, 1.82) is 0 Å². The summed E-state index contributed by atoms with van der Waals surface area (Å²) in [6, 6.07) is 9.38. The second-order valence-electron chi connectivity index (χ2n) is 7.88. The van der Waals surface area contributed by atoms with Crippen molar-refractivity contribution in [2.45, 2.75) is 57.5 Å². The number of amides is 1. The van der Waals surface area contributed by atoms with E-state index < -0.39 is 17.5 Å². The van der Waals surface area contributed by atoms with Crippen molar-refractivity contribution in [2.24, 2.45) is 11.3 Å². The van der Waals surface area contributed by atoms with Crippen LogP contribution >= 0.6 is 0 Å². The highest BCUT2D eigenvalue weighted by Gasteiger charge is 2.50. The minimum Gasteiger partial charge on any atom is -0.481 e. The number of aliphatic hydroxyl groups excluding tert-OH is 1. The molecule has 3 rings (SSSR count). The van der Waals surface area contributed by atoms with Crippen LogP contribution in [0.2, 0.25) is 0 Å². The van der Waals surface area contributed by atoms with Gasteiger partial charge in [0.15, 0.2) is 0 Å². The maximum atomic E-state index is 13.0. The summed E-state index contributed by atoms with van der Waals surface area (Å²) in [5, 5.41) is 20.6. The molecule has 2 fully saturated rings. The molecule has 0 bridgehead atoms. The molecule has 1 aliphatic carbocycles. The van der Waals surface area contributed by atoms with E-state index in [9.17, 15) is 19.8 Å². The number of benzene rings is 1. The predicted molar refractivity (Wildman–Crippen MR) is 98.6 cm³/mol. The largest absolute Gasteiger partial charge is 0.481 e. The highest BCUT2D eigenvalue weighted by Crippen LogP contribution is 2.36. The van der Waals surface area contributed by atoms with E-state index in [1.54, 1.807) is 4.90 Å². The van der Waals surface area contributed by atoms with Gasteiger partial charge in [-0.1, -0.05) is 56.0 Å². The number of hydrogen-bond donors (Lipinski definition) is 2. The number of carbonyl (C=O) groups excluding carboxylic acids is 1. The van der Waals surface area contributed by atoms with Gasteiger partial charge in [0.1, 0.15) is 5.41 Å². The van der Waals surface area contributed by atoms with E-state index in [0.29, 0.717) is 13.0 Å². The van der Waals surface area contributed by atoms with Crippen LogP contribution in [0.3, 0.4) is 0 Å². The number of carboxylic acids is 1. The average molecular weight is 359 g/mol. The van der Waals surface area contributed by atoms with Gasteiger partial charge in [-0.05, 0) is 31.2 Å². The molecule has 2 aliphatic rings. The quantitative estimate of drug-likeness (QED) is 0.811. The van der Waals surface area contributed by atoms with Crippen LogP contribution in [0.15, 0.2) is 30.3 Å². The number of nitrogens with zero attached hydrogens (tertiary/aromatic N) is 1. The molecule has 26 heavy (non-hydrogen) atoms. The highest BCUT2D eigenvalue weighted by atomic mass is 16.4. The molecule has 1 aromatic rings. The van der Waals surface area contributed by atoms with Gasteiger partial charge in [-0.3, -0.25) is 9.59 Å². The Morgan fingerprint density at radius 3 is 2.31 bits per heavy atom. The second-order valence-corrected chi connectivity index (χ2v) is 7.88. The number of carboxylic acid groups (broad SMARTS) is 1. The third-order valence-corrected chi connectivity index (χ3v) is 6.09. The minimum atomic E-state index is -1.33. The van der Waals surface area contributed by atoms with E-state index in [4.69, 9.17) is 0 Å². The number of rotatable bonds is 4. The summed E-state index contributed by atoms with van der Waals surface area (Å²) in [6.45, 7) is 0.536. The molecule has 2 N–H and O–H groups in total. The van der Waals surface area contributed by atoms with Gasteiger partial charge in [0, 0.05) is 19.0 Å². The molecule has 0 spiro atoms. The van der Waals surface area contributed by atoms with Gasteiger partial charge in [0.25, 0.3) is 0 Å². The third kappa shape index (κ3) is 3.93. The summed E-state index contributed by atoms with van der Waals surface area (Å²) in [7, 11) is 0. The molecule has 1 saturated heterocycles.